The van der Waals surface area contributed by atoms with Crippen molar-refractivity contribution in [3.8, 4) is 0 Å². The van der Waals surface area contributed by atoms with Crippen LogP contribution < -0.4 is 10.6 Å². The molecule has 0 spiro atoms. The lowest BCUT2D eigenvalue weighted by atomic mass is 9.91. The van der Waals surface area contributed by atoms with Crippen LogP contribution in [0.15, 0.2) is 60.7 Å². The van der Waals surface area contributed by atoms with Crippen LogP contribution in [-0.2, 0) is 4.57 Å². The van der Waals surface area contributed by atoms with Gasteiger partial charge in [-0.05, 0) is 19.3 Å². The second-order valence-electron chi connectivity index (χ2n) is 9.17. The van der Waals surface area contributed by atoms with Gasteiger partial charge in [0.1, 0.15) is 7.14 Å². The van der Waals surface area contributed by atoms with Gasteiger partial charge in [-0.2, -0.15) is 39.5 Å². The van der Waals surface area contributed by atoms with Gasteiger partial charge in [0.15, 0.2) is 0 Å². The lowest BCUT2D eigenvalue weighted by molar-refractivity contribution is -0.396. The molecule has 0 heterocycles. The second-order valence-corrected chi connectivity index (χ2v) is 12.3. The Morgan fingerprint density at radius 1 is 0.750 bits per heavy atom. The molecule has 1 aliphatic rings. The minimum atomic E-state index is -7.05. The molecule has 2 aromatic carbocycles. The van der Waals surface area contributed by atoms with Crippen LogP contribution in [0, 0.1) is 0 Å². The van der Waals surface area contributed by atoms with Gasteiger partial charge in [-0.25, -0.2) is 0 Å². The number of halogens is 9. The Bertz CT molecular complexity index is 1020. The van der Waals surface area contributed by atoms with Crippen molar-refractivity contribution in [2.75, 3.05) is 0 Å². The maximum Gasteiger partial charge on any atom is 0.460 e. The minimum Gasteiger partial charge on any atom is -0.390 e. The summed E-state index contributed by atoms with van der Waals surface area (Å²) in [6, 6.07) is 13.7. The Morgan fingerprint density at radius 3 is 1.56 bits per heavy atom. The maximum absolute atomic E-state index is 14.9. The molecule has 1 unspecified atom stereocenters. The van der Waals surface area contributed by atoms with Crippen molar-refractivity contribution in [2.45, 2.75) is 73.7 Å². The van der Waals surface area contributed by atoms with E-state index in [0.717, 1.165) is 0 Å². The quantitative estimate of drug-likeness (QED) is 0.274. The molecule has 1 saturated carbocycles. The molecule has 3 rings (SSSR count). The zero-order valence-corrected chi connectivity index (χ0v) is 19.7. The van der Waals surface area contributed by atoms with Crippen LogP contribution in [0.2, 0.25) is 0 Å². The highest BCUT2D eigenvalue weighted by Gasteiger charge is 2.81. The highest BCUT2D eigenvalue weighted by molar-refractivity contribution is 7.79. The predicted molar refractivity (Wildman–Crippen MR) is 117 cm³/mol. The van der Waals surface area contributed by atoms with Gasteiger partial charge in [-0.15, -0.1) is 0 Å². The molecule has 1 aliphatic carbocycles. The molecule has 0 bridgehead atoms. The predicted octanol–water partition coefficient (Wildman–Crippen LogP) is 6.92. The molecule has 36 heavy (non-hydrogen) atoms. The molecule has 0 aromatic heterocycles. The summed E-state index contributed by atoms with van der Waals surface area (Å²) in [5, 5.41) is 10.8. The summed E-state index contributed by atoms with van der Waals surface area (Å²) in [4.78, 5) is 0. The van der Waals surface area contributed by atoms with Crippen LogP contribution in [0.5, 0.6) is 0 Å². The van der Waals surface area contributed by atoms with Crippen molar-refractivity contribution in [1.29, 1.82) is 0 Å². The Labute approximate surface area is 201 Å². The summed E-state index contributed by atoms with van der Waals surface area (Å²) >= 11 is 0. The number of aliphatic hydroxyl groups is 1. The van der Waals surface area contributed by atoms with Crippen molar-refractivity contribution in [1.82, 2.24) is 0 Å². The molecular formula is C24H24F9O2P. The van der Waals surface area contributed by atoms with Gasteiger partial charge in [-0.3, -0.25) is 0 Å². The van der Waals surface area contributed by atoms with E-state index in [4.69, 9.17) is 0 Å². The van der Waals surface area contributed by atoms with E-state index in [1.807, 2.05) is 0 Å². The summed E-state index contributed by atoms with van der Waals surface area (Å²) in [6.45, 7) is 0. The van der Waals surface area contributed by atoms with E-state index < -0.39 is 55.2 Å². The number of alkyl halides is 9. The molecule has 0 saturated heterocycles. The lowest BCUT2D eigenvalue weighted by Gasteiger charge is -2.39. The molecule has 1 atom stereocenters. The zero-order valence-electron chi connectivity index (χ0n) is 18.8. The molecule has 0 aliphatic heterocycles. The fourth-order valence-electron chi connectivity index (χ4n) is 4.71. The summed E-state index contributed by atoms with van der Waals surface area (Å²) in [6.07, 6.45) is -8.98. The summed E-state index contributed by atoms with van der Waals surface area (Å²) in [7, 11) is -4.39. The standard InChI is InChI=1S/C24H24F9O2P/c25-21(26,22(27,28)23(29,30)24(31,32)33)16-19(15-20(34)13-7-8-14-20)36(35,17-9-3-1-4-10-17)18-11-5-2-6-12-18/h1-6,9-12,19,34H,7-8,13-16H2. The molecule has 1 fully saturated rings. The molecule has 1 N–H and O–H groups in total. The summed E-state index contributed by atoms with van der Waals surface area (Å²) in [5.74, 6) is -19.8. The molecule has 0 radical (unpaired) electrons. The van der Waals surface area contributed by atoms with Gasteiger partial charge in [0.25, 0.3) is 0 Å². The average molecular weight is 546 g/mol. The number of hydrogen-bond donors (Lipinski definition) is 1. The van der Waals surface area contributed by atoms with E-state index in [1.165, 1.54) is 60.7 Å². The first-order chi connectivity index (χ1) is 16.5. The average Bonchev–Trinajstić information content (AvgIpc) is 3.24. The summed E-state index contributed by atoms with van der Waals surface area (Å²) in [5.41, 5.74) is -3.79. The molecular weight excluding hydrogens is 522 g/mol. The van der Waals surface area contributed by atoms with Crippen LogP contribution in [-0.4, -0.2) is 40.3 Å². The first-order valence-corrected chi connectivity index (χ1v) is 12.9. The topological polar surface area (TPSA) is 37.3 Å². The minimum absolute atomic E-state index is 0.0494. The molecule has 12 heteroatoms. The van der Waals surface area contributed by atoms with E-state index in [9.17, 15) is 49.2 Å². The third-order valence-corrected chi connectivity index (χ3v) is 10.2. The fraction of sp³-hybridized carbons (Fsp3) is 0.500. The number of benzene rings is 2. The Kier molecular flexibility index (Phi) is 7.70. The van der Waals surface area contributed by atoms with Crippen molar-refractivity contribution >= 4 is 17.8 Å². The van der Waals surface area contributed by atoms with Gasteiger partial charge < -0.3 is 9.67 Å². The van der Waals surface area contributed by atoms with E-state index in [1.54, 1.807) is 0 Å². The van der Waals surface area contributed by atoms with Crippen LogP contribution in [0.1, 0.15) is 38.5 Å². The zero-order chi connectivity index (χ0) is 27.0. The van der Waals surface area contributed by atoms with Crippen molar-refractivity contribution in [2.24, 2.45) is 0 Å². The summed E-state index contributed by atoms with van der Waals surface area (Å²) < 4.78 is 138. The largest absolute Gasteiger partial charge is 0.460 e. The Balaban J connectivity index is 2.18. The Morgan fingerprint density at radius 2 is 1.17 bits per heavy atom. The van der Waals surface area contributed by atoms with Gasteiger partial charge in [-0.1, -0.05) is 73.5 Å². The highest BCUT2D eigenvalue weighted by Crippen LogP contribution is 2.60. The van der Waals surface area contributed by atoms with Gasteiger partial charge in [0, 0.05) is 22.7 Å². The van der Waals surface area contributed by atoms with Crippen LogP contribution in [0.4, 0.5) is 39.5 Å². The van der Waals surface area contributed by atoms with Crippen LogP contribution in [0.25, 0.3) is 0 Å². The smallest absolute Gasteiger partial charge is 0.390 e. The van der Waals surface area contributed by atoms with Crippen LogP contribution >= 0.6 is 7.14 Å². The van der Waals surface area contributed by atoms with Crippen molar-refractivity contribution in [3.05, 3.63) is 60.7 Å². The molecule has 0 amide bonds. The van der Waals surface area contributed by atoms with Crippen molar-refractivity contribution in [3.63, 3.8) is 0 Å². The van der Waals surface area contributed by atoms with E-state index in [2.05, 4.69) is 0 Å². The first-order valence-electron chi connectivity index (χ1n) is 11.1. The monoisotopic (exact) mass is 546 g/mol. The maximum atomic E-state index is 14.9. The van der Waals surface area contributed by atoms with E-state index >= 15 is 0 Å². The molecule has 2 aromatic rings. The van der Waals surface area contributed by atoms with E-state index in [0.29, 0.717) is 12.8 Å². The molecule has 2 nitrogen and oxygen atoms in total. The van der Waals surface area contributed by atoms with Gasteiger partial charge >= 0.3 is 23.9 Å². The lowest BCUT2D eigenvalue weighted by Crippen LogP contribution is -2.61. The van der Waals surface area contributed by atoms with Crippen molar-refractivity contribution < 1.29 is 49.2 Å². The van der Waals surface area contributed by atoms with E-state index in [-0.39, 0.29) is 23.5 Å². The number of hydrogen-bond acceptors (Lipinski definition) is 2. The Hall–Kier alpha value is -2.00. The SMILES string of the molecule is O=P(c1ccccc1)(c1ccccc1)C(CC1(O)CCCC1)CC(F)(F)C(F)(F)C(F)(F)C(F)(F)F. The van der Waals surface area contributed by atoms with Gasteiger partial charge in [0.05, 0.1) is 5.60 Å². The third-order valence-electron chi connectivity index (χ3n) is 6.65. The highest BCUT2D eigenvalue weighted by atomic mass is 31.2. The van der Waals surface area contributed by atoms with Crippen LogP contribution in [0.3, 0.4) is 0 Å². The fourth-order valence-corrected chi connectivity index (χ4v) is 8.16. The number of rotatable bonds is 9. The molecule has 200 valence electrons. The third kappa shape index (κ3) is 5.05. The first kappa shape index (κ1) is 28.6. The van der Waals surface area contributed by atoms with Gasteiger partial charge in [0.2, 0.25) is 0 Å². The normalized spacial score (nSPS) is 18.3. The second kappa shape index (κ2) is 9.71.